The van der Waals surface area contributed by atoms with Gasteiger partial charge in [-0.3, -0.25) is 9.69 Å². The molecular weight excluding hydrogens is 348 g/mol. The highest BCUT2D eigenvalue weighted by molar-refractivity contribution is 8.05. The van der Waals surface area contributed by atoms with Crippen molar-refractivity contribution in [3.05, 3.63) is 76.8 Å². The Bertz CT molecular complexity index is 888. The summed E-state index contributed by atoms with van der Waals surface area (Å²) in [6.45, 7) is 0. The zero-order chi connectivity index (χ0) is 18.5. The van der Waals surface area contributed by atoms with E-state index in [0.29, 0.717) is 17.1 Å². The Labute approximate surface area is 155 Å². The number of esters is 1. The van der Waals surface area contributed by atoms with Crippen LogP contribution >= 0.6 is 11.8 Å². The van der Waals surface area contributed by atoms with Crippen LogP contribution in [0.15, 0.2) is 71.3 Å². The summed E-state index contributed by atoms with van der Waals surface area (Å²) in [5.41, 5.74) is 1.47. The Morgan fingerprint density at radius 1 is 1.15 bits per heavy atom. The maximum absolute atomic E-state index is 13.1. The average molecular weight is 364 g/mol. The second-order valence-corrected chi connectivity index (χ2v) is 6.78. The number of methoxy groups -OCH3 is 1. The molecule has 3 rings (SSSR count). The zero-order valence-corrected chi connectivity index (χ0v) is 14.9. The number of nitrogens with zero attached hydrogens (tertiary/aromatic N) is 2. The quantitative estimate of drug-likeness (QED) is 0.473. The molecule has 1 aliphatic rings. The monoisotopic (exact) mass is 364 g/mol. The molecule has 0 aliphatic carbocycles. The van der Waals surface area contributed by atoms with E-state index in [2.05, 4.69) is 0 Å². The van der Waals surface area contributed by atoms with E-state index in [0.717, 1.165) is 5.56 Å². The van der Waals surface area contributed by atoms with Crippen LogP contribution in [0.3, 0.4) is 0 Å². The Balaban J connectivity index is 2.03. The van der Waals surface area contributed by atoms with Gasteiger partial charge in [-0.05, 0) is 24.1 Å². The van der Waals surface area contributed by atoms with Gasteiger partial charge in [0.25, 0.3) is 0 Å². The molecule has 1 heterocycles. The van der Waals surface area contributed by atoms with Crippen LogP contribution in [0.4, 0.5) is 5.69 Å². The van der Waals surface area contributed by atoms with Gasteiger partial charge >= 0.3 is 5.97 Å². The molecule has 1 aliphatic heterocycles. The number of amides is 1. The summed E-state index contributed by atoms with van der Waals surface area (Å²) < 4.78 is 4.72. The van der Waals surface area contributed by atoms with Crippen LogP contribution in [-0.4, -0.2) is 24.2 Å². The molecule has 1 atom stereocenters. The highest BCUT2D eigenvalue weighted by Crippen LogP contribution is 2.41. The molecule has 0 spiro atoms. The third-order valence-corrected chi connectivity index (χ3v) is 5.21. The van der Waals surface area contributed by atoms with Crippen molar-refractivity contribution in [2.24, 2.45) is 0 Å². The van der Waals surface area contributed by atoms with Crippen LogP contribution in [0.2, 0.25) is 0 Å². The SMILES string of the molecule is COC(=O)/C(C#N)=C1\S[C@@H](Cc2ccccc2)C(=O)N1c1ccccc1. The van der Waals surface area contributed by atoms with Gasteiger partial charge < -0.3 is 4.74 Å². The fourth-order valence-corrected chi connectivity index (χ4v) is 4.01. The molecule has 130 valence electrons. The zero-order valence-electron chi connectivity index (χ0n) is 14.1. The van der Waals surface area contributed by atoms with E-state index in [1.165, 1.54) is 23.8 Å². The Morgan fingerprint density at radius 2 is 1.77 bits per heavy atom. The van der Waals surface area contributed by atoms with Gasteiger partial charge in [-0.1, -0.05) is 60.3 Å². The second-order valence-electron chi connectivity index (χ2n) is 5.59. The first-order valence-electron chi connectivity index (χ1n) is 7.98. The van der Waals surface area contributed by atoms with Crippen molar-refractivity contribution >= 4 is 29.3 Å². The molecule has 0 N–H and O–H groups in total. The van der Waals surface area contributed by atoms with Crippen LogP contribution in [0, 0.1) is 11.3 Å². The second kappa shape index (κ2) is 7.89. The first-order chi connectivity index (χ1) is 12.7. The van der Waals surface area contributed by atoms with Crippen molar-refractivity contribution in [2.75, 3.05) is 12.0 Å². The molecule has 0 radical (unpaired) electrons. The van der Waals surface area contributed by atoms with Crippen molar-refractivity contribution in [2.45, 2.75) is 11.7 Å². The minimum Gasteiger partial charge on any atom is -0.465 e. The van der Waals surface area contributed by atoms with Crippen molar-refractivity contribution in [3.63, 3.8) is 0 Å². The first-order valence-corrected chi connectivity index (χ1v) is 8.86. The lowest BCUT2D eigenvalue weighted by Gasteiger charge is -2.18. The molecule has 1 saturated heterocycles. The number of ether oxygens (including phenoxy) is 1. The third kappa shape index (κ3) is 3.48. The minimum atomic E-state index is -0.746. The summed E-state index contributed by atoms with van der Waals surface area (Å²) in [5, 5.41) is 9.35. The average Bonchev–Trinajstić information content (AvgIpc) is 2.99. The first kappa shape index (κ1) is 17.8. The van der Waals surface area contributed by atoms with Gasteiger partial charge in [0.15, 0.2) is 5.57 Å². The van der Waals surface area contributed by atoms with Crippen molar-refractivity contribution in [1.29, 1.82) is 5.26 Å². The fraction of sp³-hybridized carbons (Fsp3) is 0.150. The molecule has 0 unspecified atom stereocenters. The standard InChI is InChI=1S/C20H16N2O3S/c1-25-20(24)16(13-21)19-22(15-10-6-3-7-11-15)18(23)17(26-19)12-14-8-4-2-5-9-14/h2-11,17H,12H2,1H3/b19-16-/t17-/m0/s1. The fourth-order valence-electron chi connectivity index (χ4n) is 2.71. The van der Waals surface area contributed by atoms with E-state index in [4.69, 9.17) is 4.74 Å². The Hall–Kier alpha value is -3.04. The summed E-state index contributed by atoms with van der Waals surface area (Å²) in [5.74, 6) is -0.902. The Morgan fingerprint density at radius 3 is 2.35 bits per heavy atom. The summed E-state index contributed by atoms with van der Waals surface area (Å²) >= 11 is 1.23. The van der Waals surface area contributed by atoms with Crippen molar-refractivity contribution in [1.82, 2.24) is 0 Å². The molecule has 1 fully saturated rings. The molecule has 6 heteroatoms. The molecule has 0 bridgehead atoms. The maximum atomic E-state index is 13.1. The van der Waals surface area contributed by atoms with E-state index >= 15 is 0 Å². The van der Waals surface area contributed by atoms with Gasteiger partial charge in [0.05, 0.1) is 12.4 Å². The number of benzene rings is 2. The third-order valence-electron chi connectivity index (χ3n) is 3.95. The van der Waals surface area contributed by atoms with Gasteiger partial charge in [-0.25, -0.2) is 4.79 Å². The lowest BCUT2D eigenvalue weighted by Crippen LogP contribution is -2.30. The molecular formula is C20H16N2O3S. The molecule has 2 aromatic rings. The van der Waals surface area contributed by atoms with E-state index in [9.17, 15) is 14.9 Å². The molecule has 2 aromatic carbocycles. The number of rotatable bonds is 4. The highest BCUT2D eigenvalue weighted by Gasteiger charge is 2.40. The van der Waals surface area contributed by atoms with E-state index in [-0.39, 0.29) is 11.5 Å². The number of para-hydroxylation sites is 1. The van der Waals surface area contributed by atoms with Gasteiger partial charge in [0.2, 0.25) is 5.91 Å². The number of hydrogen-bond donors (Lipinski definition) is 0. The van der Waals surface area contributed by atoms with Gasteiger partial charge in [0.1, 0.15) is 11.1 Å². The van der Waals surface area contributed by atoms with Crippen LogP contribution in [0.1, 0.15) is 5.56 Å². The normalized spacial score (nSPS) is 18.4. The van der Waals surface area contributed by atoms with Gasteiger partial charge in [0, 0.05) is 5.69 Å². The van der Waals surface area contributed by atoms with E-state index in [1.807, 2.05) is 42.5 Å². The van der Waals surface area contributed by atoms with Gasteiger partial charge in [-0.15, -0.1) is 0 Å². The number of thioether (sulfide) groups is 1. The molecule has 0 aromatic heterocycles. The van der Waals surface area contributed by atoms with Crippen LogP contribution in [0.5, 0.6) is 0 Å². The smallest absolute Gasteiger partial charge is 0.351 e. The van der Waals surface area contributed by atoms with Crippen molar-refractivity contribution in [3.8, 4) is 6.07 Å². The number of anilines is 1. The Kier molecular flexibility index (Phi) is 5.40. The largest absolute Gasteiger partial charge is 0.465 e. The summed E-state index contributed by atoms with van der Waals surface area (Å²) in [4.78, 5) is 26.5. The van der Waals surface area contributed by atoms with Crippen LogP contribution < -0.4 is 4.90 Å². The number of carbonyl (C=O) groups excluding carboxylic acids is 2. The van der Waals surface area contributed by atoms with Gasteiger partial charge in [-0.2, -0.15) is 5.26 Å². The molecule has 0 saturated carbocycles. The number of nitriles is 1. The summed E-state index contributed by atoms with van der Waals surface area (Å²) in [6, 6.07) is 20.5. The summed E-state index contributed by atoms with van der Waals surface area (Å²) in [6.07, 6.45) is 0.511. The highest BCUT2D eigenvalue weighted by atomic mass is 32.2. The molecule has 5 nitrogen and oxygen atoms in total. The predicted molar refractivity (Wildman–Crippen MR) is 100 cm³/mol. The number of hydrogen-bond acceptors (Lipinski definition) is 5. The van der Waals surface area contributed by atoms with Crippen molar-refractivity contribution < 1.29 is 14.3 Å². The minimum absolute atomic E-state index is 0.156. The number of carbonyl (C=O) groups is 2. The molecule has 26 heavy (non-hydrogen) atoms. The lowest BCUT2D eigenvalue weighted by molar-refractivity contribution is -0.135. The predicted octanol–water partition coefficient (Wildman–Crippen LogP) is 3.29. The van der Waals surface area contributed by atoms with E-state index < -0.39 is 11.2 Å². The van der Waals surface area contributed by atoms with Crippen LogP contribution in [0.25, 0.3) is 0 Å². The topological polar surface area (TPSA) is 70.4 Å². The van der Waals surface area contributed by atoms with E-state index in [1.54, 1.807) is 24.3 Å². The molecule has 1 amide bonds. The lowest BCUT2D eigenvalue weighted by atomic mass is 10.1. The maximum Gasteiger partial charge on any atom is 0.351 e. The van der Waals surface area contributed by atoms with Crippen LogP contribution in [-0.2, 0) is 20.7 Å². The summed E-state index contributed by atoms with van der Waals surface area (Å²) in [7, 11) is 1.22.